The molecule has 3 aromatic carbocycles. The van der Waals surface area contributed by atoms with Gasteiger partial charge in [-0.3, -0.25) is 4.98 Å². The van der Waals surface area contributed by atoms with Crippen molar-refractivity contribution in [2.45, 2.75) is 40.0 Å². The van der Waals surface area contributed by atoms with E-state index in [9.17, 15) is 0 Å². The molecular weight excluding hydrogens is 543 g/mol. The summed E-state index contributed by atoms with van der Waals surface area (Å²) in [7, 11) is 2.13. The van der Waals surface area contributed by atoms with Crippen LogP contribution in [0.1, 0.15) is 40.2 Å². The molecule has 41 heavy (non-hydrogen) atoms. The normalized spacial score (nSPS) is 14.3. The molecule has 0 unspecified atom stereocenters. The first-order chi connectivity index (χ1) is 19.7. The average Bonchev–Trinajstić information content (AvgIpc) is 3.67. The zero-order valence-electron chi connectivity index (χ0n) is 24.3. The Morgan fingerprint density at radius 3 is 2.49 bits per heavy atom. The highest BCUT2D eigenvalue weighted by atomic mass is 32.1. The quantitative estimate of drug-likeness (QED) is 0.209. The summed E-state index contributed by atoms with van der Waals surface area (Å²) in [4.78, 5) is 9.47. The van der Waals surface area contributed by atoms with Crippen LogP contribution >= 0.6 is 22.7 Å². The van der Waals surface area contributed by atoms with Crippen molar-refractivity contribution in [1.29, 1.82) is 0 Å². The maximum atomic E-state index is 6.59. The van der Waals surface area contributed by atoms with Crippen LogP contribution in [0.25, 0.3) is 42.2 Å². The van der Waals surface area contributed by atoms with Gasteiger partial charge in [0.25, 0.3) is 0 Å². The number of rotatable bonds is 4. The van der Waals surface area contributed by atoms with Gasteiger partial charge < -0.3 is 14.5 Å². The fourth-order valence-corrected chi connectivity index (χ4v) is 7.60. The Hall–Kier alpha value is -3.87. The summed E-state index contributed by atoms with van der Waals surface area (Å²) in [6.07, 6.45) is 1.94. The summed E-state index contributed by atoms with van der Waals surface area (Å²) < 4.78 is 9.12. The molecule has 0 aliphatic carbocycles. The molecule has 0 atom stereocenters. The topological polar surface area (TPSA) is 28.6 Å². The van der Waals surface area contributed by atoms with Crippen molar-refractivity contribution in [2.24, 2.45) is 0 Å². The van der Waals surface area contributed by atoms with E-state index < -0.39 is 0 Å². The molecule has 0 saturated carbocycles. The van der Waals surface area contributed by atoms with E-state index in [-0.39, 0.29) is 5.41 Å². The first kappa shape index (κ1) is 26.1. The van der Waals surface area contributed by atoms with Crippen molar-refractivity contribution in [3.8, 4) is 22.1 Å². The van der Waals surface area contributed by atoms with E-state index in [2.05, 4.69) is 118 Å². The molecule has 0 saturated heterocycles. The van der Waals surface area contributed by atoms with Gasteiger partial charge in [-0.25, -0.2) is 0 Å². The number of hydrogen-bond acceptors (Lipinski definition) is 6. The number of nitrogens with zero attached hydrogens (tertiary/aromatic N) is 3. The molecule has 0 fully saturated rings. The molecule has 6 heteroatoms. The standard InChI is InChI=1S/C35H33N3OS2/c1-21-22(2)38(20-37(21)6)24-8-7-9-25(17-24)39-33-19-30-29(31-16-23(12-14-36-31)35(3,4)5)18-28-26-13-15-40-32(26)11-10-27(28)34(30)41-33/h7-19H,20H2,1-6H3. The lowest BCUT2D eigenvalue weighted by atomic mass is 9.86. The minimum Gasteiger partial charge on any atom is -0.447 e. The highest BCUT2D eigenvalue weighted by molar-refractivity contribution is 7.22. The van der Waals surface area contributed by atoms with E-state index in [1.54, 1.807) is 22.7 Å². The molecule has 0 N–H and O–H groups in total. The van der Waals surface area contributed by atoms with Crippen LogP contribution in [0.3, 0.4) is 0 Å². The fraction of sp³-hybridized carbons (Fsp3) is 0.229. The predicted molar refractivity (Wildman–Crippen MR) is 177 cm³/mol. The van der Waals surface area contributed by atoms with Crippen molar-refractivity contribution in [2.75, 3.05) is 18.6 Å². The van der Waals surface area contributed by atoms with Gasteiger partial charge >= 0.3 is 0 Å². The second-order valence-electron chi connectivity index (χ2n) is 11.9. The zero-order chi connectivity index (χ0) is 28.5. The van der Waals surface area contributed by atoms with Crippen LogP contribution in [-0.4, -0.2) is 23.6 Å². The number of anilines is 1. The summed E-state index contributed by atoms with van der Waals surface area (Å²) >= 11 is 3.50. The summed E-state index contributed by atoms with van der Waals surface area (Å²) in [5.41, 5.74) is 7.17. The Balaban J connectivity index is 1.37. The van der Waals surface area contributed by atoms with Crippen LogP contribution in [0.5, 0.6) is 10.8 Å². The lowest BCUT2D eigenvalue weighted by Crippen LogP contribution is -2.24. The molecule has 206 valence electrons. The molecule has 1 aliphatic rings. The van der Waals surface area contributed by atoms with Gasteiger partial charge in [0, 0.05) is 73.6 Å². The Labute approximate surface area is 249 Å². The largest absolute Gasteiger partial charge is 0.447 e. The maximum absolute atomic E-state index is 6.59. The number of ether oxygens (including phenoxy) is 1. The first-order valence-electron chi connectivity index (χ1n) is 13.9. The third-order valence-corrected chi connectivity index (χ3v) is 10.2. The smallest absolute Gasteiger partial charge is 0.182 e. The molecular formula is C35H33N3OS2. The van der Waals surface area contributed by atoms with Gasteiger partial charge in [0.2, 0.25) is 0 Å². The highest BCUT2D eigenvalue weighted by Gasteiger charge is 2.23. The molecule has 3 aromatic heterocycles. The molecule has 0 radical (unpaired) electrons. The zero-order valence-corrected chi connectivity index (χ0v) is 25.9. The second kappa shape index (κ2) is 9.61. The Kier molecular flexibility index (Phi) is 6.10. The van der Waals surface area contributed by atoms with E-state index in [0.717, 1.165) is 34.4 Å². The Morgan fingerprint density at radius 2 is 1.71 bits per heavy atom. The second-order valence-corrected chi connectivity index (χ2v) is 13.9. The van der Waals surface area contributed by atoms with Gasteiger partial charge in [-0.1, -0.05) is 44.2 Å². The lowest BCUT2D eigenvalue weighted by molar-refractivity contribution is 0.459. The minimum atomic E-state index is 0.0401. The summed E-state index contributed by atoms with van der Waals surface area (Å²) in [5, 5.41) is 8.05. The molecule has 0 spiro atoms. The van der Waals surface area contributed by atoms with Crippen molar-refractivity contribution in [3.63, 3.8) is 0 Å². The van der Waals surface area contributed by atoms with Crippen molar-refractivity contribution in [1.82, 2.24) is 9.88 Å². The van der Waals surface area contributed by atoms with Gasteiger partial charge in [0.1, 0.15) is 5.75 Å². The third kappa shape index (κ3) is 4.46. The lowest BCUT2D eigenvalue weighted by Gasteiger charge is -2.21. The van der Waals surface area contributed by atoms with Crippen LogP contribution in [0, 0.1) is 0 Å². The third-order valence-electron chi connectivity index (χ3n) is 8.31. The van der Waals surface area contributed by atoms with Crippen molar-refractivity contribution in [3.05, 3.63) is 95.3 Å². The number of hydrogen-bond donors (Lipinski definition) is 0. The van der Waals surface area contributed by atoms with Crippen LogP contribution in [0.15, 0.2) is 89.7 Å². The SMILES string of the molecule is CC1=C(C)N(c2cccc(Oc3cc4c(-c5cc(C(C)(C)C)ccn5)cc5c6ccsc6ccc5c4s3)c2)CN1C. The van der Waals surface area contributed by atoms with Gasteiger partial charge in [-0.2, -0.15) is 0 Å². The molecule has 6 aromatic rings. The summed E-state index contributed by atoms with van der Waals surface area (Å²) in [6.45, 7) is 11.9. The van der Waals surface area contributed by atoms with Crippen molar-refractivity contribution < 1.29 is 4.74 Å². The number of fused-ring (bicyclic) bond motifs is 5. The summed E-state index contributed by atoms with van der Waals surface area (Å²) in [5.74, 6) is 0.841. The van der Waals surface area contributed by atoms with Crippen LogP contribution < -0.4 is 9.64 Å². The number of aromatic nitrogens is 1. The van der Waals surface area contributed by atoms with Gasteiger partial charge in [-0.15, -0.1) is 11.3 Å². The van der Waals surface area contributed by atoms with E-state index in [1.165, 1.54) is 47.9 Å². The van der Waals surface area contributed by atoms with Gasteiger partial charge in [-0.05, 0) is 78.1 Å². The van der Waals surface area contributed by atoms with Crippen LogP contribution in [0.4, 0.5) is 5.69 Å². The van der Waals surface area contributed by atoms with Crippen molar-refractivity contribution >= 4 is 59.3 Å². The van der Waals surface area contributed by atoms with E-state index in [0.29, 0.717) is 0 Å². The molecule has 0 amide bonds. The first-order valence-corrected chi connectivity index (χ1v) is 15.6. The van der Waals surface area contributed by atoms with E-state index in [1.807, 2.05) is 12.3 Å². The van der Waals surface area contributed by atoms with Crippen LogP contribution in [-0.2, 0) is 5.41 Å². The van der Waals surface area contributed by atoms with E-state index >= 15 is 0 Å². The van der Waals surface area contributed by atoms with Gasteiger partial charge in [0.15, 0.2) is 5.06 Å². The number of allylic oxidation sites excluding steroid dienone is 2. The molecule has 0 bridgehead atoms. The Bertz CT molecular complexity index is 1990. The number of thiophene rings is 2. The minimum absolute atomic E-state index is 0.0401. The van der Waals surface area contributed by atoms with E-state index in [4.69, 9.17) is 9.72 Å². The highest BCUT2D eigenvalue weighted by Crippen LogP contribution is 2.46. The molecule has 4 heterocycles. The molecule has 4 nitrogen and oxygen atoms in total. The number of pyridine rings is 1. The van der Waals surface area contributed by atoms with Crippen LogP contribution in [0.2, 0.25) is 0 Å². The molecule has 1 aliphatic heterocycles. The van der Waals surface area contributed by atoms with Gasteiger partial charge in [0.05, 0.1) is 12.4 Å². The summed E-state index contributed by atoms with van der Waals surface area (Å²) in [6, 6.07) is 24.1. The monoisotopic (exact) mass is 575 g/mol. The average molecular weight is 576 g/mol. The predicted octanol–water partition coefficient (Wildman–Crippen LogP) is 10.4. The number of benzene rings is 3. The maximum Gasteiger partial charge on any atom is 0.182 e. The Morgan fingerprint density at radius 1 is 0.854 bits per heavy atom. The fourth-order valence-electron chi connectivity index (χ4n) is 5.72. The molecule has 7 rings (SSSR count).